The molecule has 2 aliphatic heterocycles. The molecule has 2 fully saturated rings. The third-order valence-electron chi connectivity index (χ3n) is 6.25. The van der Waals surface area contributed by atoms with E-state index in [1.807, 2.05) is 0 Å². The Morgan fingerprint density at radius 3 is 2.44 bits per heavy atom. The molecule has 2 saturated heterocycles. The van der Waals surface area contributed by atoms with Crippen LogP contribution in [-0.2, 0) is 25.8 Å². The Bertz CT molecular complexity index is 961. The van der Waals surface area contributed by atoms with E-state index < -0.39 is 33.6 Å². The molecule has 1 aromatic rings. The van der Waals surface area contributed by atoms with E-state index >= 15 is 0 Å². The van der Waals surface area contributed by atoms with Crippen LogP contribution in [0.5, 0.6) is 0 Å². The Kier molecular flexibility index (Phi) is 8.43. The van der Waals surface area contributed by atoms with Crippen molar-refractivity contribution in [3.63, 3.8) is 0 Å². The predicted molar refractivity (Wildman–Crippen MR) is 120 cm³/mol. The molecule has 0 aromatic carbocycles. The van der Waals surface area contributed by atoms with Crippen LogP contribution in [0.25, 0.3) is 0 Å². The highest BCUT2D eigenvalue weighted by molar-refractivity contribution is 7.89. The van der Waals surface area contributed by atoms with Gasteiger partial charge in [0.05, 0.1) is 11.3 Å². The van der Waals surface area contributed by atoms with Gasteiger partial charge in [-0.1, -0.05) is 6.92 Å². The van der Waals surface area contributed by atoms with Crippen molar-refractivity contribution in [1.82, 2.24) is 14.2 Å². The number of hydrogen-bond donors (Lipinski definition) is 0. The van der Waals surface area contributed by atoms with E-state index in [4.69, 9.17) is 0 Å². The molecule has 8 nitrogen and oxygen atoms in total. The number of aromatic nitrogens is 1. The molecular weight excluding hydrogens is 473 g/mol. The number of anilines is 1. The lowest BCUT2D eigenvalue weighted by Gasteiger charge is -2.34. The number of halogens is 3. The zero-order chi connectivity index (χ0) is 24.9. The topological polar surface area (TPSA) is 90.9 Å². The molecule has 0 radical (unpaired) electrons. The van der Waals surface area contributed by atoms with Gasteiger partial charge in [0.2, 0.25) is 21.8 Å². The second-order valence-electron chi connectivity index (χ2n) is 8.73. The van der Waals surface area contributed by atoms with E-state index in [1.165, 1.54) is 6.07 Å². The minimum absolute atomic E-state index is 0.0334. The first-order valence-electron chi connectivity index (χ1n) is 11.6. The molecule has 12 heteroatoms. The molecule has 1 aromatic heterocycles. The molecule has 0 spiro atoms. The quantitative estimate of drug-likeness (QED) is 0.514. The Balaban J connectivity index is 1.61. The van der Waals surface area contributed by atoms with E-state index in [1.54, 1.807) is 16.7 Å². The molecule has 0 saturated carbocycles. The lowest BCUT2D eigenvalue weighted by atomic mass is 9.96. The number of carbonyl (C=O) groups is 2. The fraction of sp³-hybridized carbons (Fsp3) is 0.682. The Labute approximate surface area is 198 Å². The summed E-state index contributed by atoms with van der Waals surface area (Å²) in [6.07, 6.45) is -0.847. The van der Waals surface area contributed by atoms with Crippen molar-refractivity contribution in [3.05, 3.63) is 23.9 Å². The van der Waals surface area contributed by atoms with Gasteiger partial charge in [0.15, 0.2) is 0 Å². The molecule has 0 aliphatic carbocycles. The van der Waals surface area contributed by atoms with Gasteiger partial charge in [0.1, 0.15) is 5.82 Å². The number of alkyl halides is 3. The van der Waals surface area contributed by atoms with Crippen LogP contribution in [0.4, 0.5) is 19.0 Å². The number of sulfonamides is 1. The van der Waals surface area contributed by atoms with E-state index in [0.717, 1.165) is 23.0 Å². The summed E-state index contributed by atoms with van der Waals surface area (Å²) in [7, 11) is -3.77. The summed E-state index contributed by atoms with van der Waals surface area (Å²) in [5.74, 6) is -0.620. The van der Waals surface area contributed by atoms with Gasteiger partial charge in [-0.25, -0.2) is 17.7 Å². The number of nitrogens with zero attached hydrogens (tertiary/aromatic N) is 4. The number of amides is 2. The van der Waals surface area contributed by atoms with Gasteiger partial charge in [0.25, 0.3) is 0 Å². The molecular formula is C22H31F3N4O4S. The molecule has 0 N–H and O–H groups in total. The average molecular weight is 505 g/mol. The van der Waals surface area contributed by atoms with Crippen LogP contribution in [0.15, 0.2) is 18.3 Å². The lowest BCUT2D eigenvalue weighted by Crippen LogP contribution is -2.46. The number of piperidine rings is 1. The molecule has 2 amide bonds. The second-order valence-corrected chi connectivity index (χ2v) is 10.7. The van der Waals surface area contributed by atoms with Crippen LogP contribution < -0.4 is 4.90 Å². The first-order valence-corrected chi connectivity index (χ1v) is 13.2. The highest BCUT2D eigenvalue weighted by Gasteiger charge is 2.35. The largest absolute Gasteiger partial charge is 0.417 e. The van der Waals surface area contributed by atoms with Crippen molar-refractivity contribution in [1.29, 1.82) is 0 Å². The van der Waals surface area contributed by atoms with E-state index in [2.05, 4.69) is 4.98 Å². The van der Waals surface area contributed by atoms with Crippen LogP contribution in [0.2, 0.25) is 0 Å². The number of carbonyl (C=O) groups excluding carboxylic acids is 2. The SMILES string of the molecule is CCCS(=O)(=O)N(CCCN1CCCC1=O)C(=O)C1CCN(c2ccc(C(F)(F)F)cn2)CC1. The molecule has 34 heavy (non-hydrogen) atoms. The first-order chi connectivity index (χ1) is 16.0. The standard InChI is InChI=1S/C22H31F3N4O4S/c1-2-15-34(32,33)29(12-4-11-28-10-3-5-20(28)30)21(31)17-8-13-27(14-9-17)19-7-6-18(16-26-19)22(23,24)25/h6-7,16-17H,2-5,8-15H2,1H3. The van der Waals surface area contributed by atoms with Gasteiger partial charge in [-0.2, -0.15) is 13.2 Å². The number of rotatable bonds is 9. The number of likely N-dealkylation sites (tertiary alicyclic amines) is 1. The zero-order valence-electron chi connectivity index (χ0n) is 19.3. The third kappa shape index (κ3) is 6.39. The number of hydrogen-bond acceptors (Lipinski definition) is 6. The van der Waals surface area contributed by atoms with Crippen molar-refractivity contribution in [2.75, 3.05) is 43.4 Å². The van der Waals surface area contributed by atoms with Crippen molar-refractivity contribution in [3.8, 4) is 0 Å². The first kappa shape index (κ1) is 26.2. The fourth-order valence-corrected chi connectivity index (χ4v) is 5.97. The summed E-state index contributed by atoms with van der Waals surface area (Å²) in [4.78, 5) is 32.4. The van der Waals surface area contributed by atoms with Gasteiger partial charge in [-0.3, -0.25) is 9.59 Å². The molecule has 0 bridgehead atoms. The maximum Gasteiger partial charge on any atom is 0.417 e. The highest BCUT2D eigenvalue weighted by Crippen LogP contribution is 2.30. The van der Waals surface area contributed by atoms with Crippen molar-refractivity contribution >= 4 is 27.7 Å². The summed E-state index contributed by atoms with van der Waals surface area (Å²) < 4.78 is 64.9. The maximum atomic E-state index is 13.2. The monoisotopic (exact) mass is 504 g/mol. The average Bonchev–Trinajstić information content (AvgIpc) is 3.20. The van der Waals surface area contributed by atoms with Crippen LogP contribution in [-0.4, -0.2) is 72.9 Å². The summed E-state index contributed by atoms with van der Waals surface area (Å²) in [6.45, 7) is 3.62. The van der Waals surface area contributed by atoms with Gasteiger partial charge < -0.3 is 9.80 Å². The number of pyridine rings is 1. The van der Waals surface area contributed by atoms with Crippen LogP contribution in [0.1, 0.15) is 51.0 Å². The zero-order valence-corrected chi connectivity index (χ0v) is 20.1. The molecule has 3 rings (SSSR count). The van der Waals surface area contributed by atoms with Crippen molar-refractivity contribution in [2.24, 2.45) is 5.92 Å². The summed E-state index contributed by atoms with van der Waals surface area (Å²) >= 11 is 0. The Morgan fingerprint density at radius 2 is 1.91 bits per heavy atom. The summed E-state index contributed by atoms with van der Waals surface area (Å²) in [5, 5.41) is 0. The Hall–Kier alpha value is -2.37. The van der Waals surface area contributed by atoms with Gasteiger partial charge in [-0.05, 0) is 44.2 Å². The van der Waals surface area contributed by atoms with Crippen LogP contribution in [0, 0.1) is 5.92 Å². The third-order valence-corrected chi connectivity index (χ3v) is 8.21. The molecule has 3 heterocycles. The second kappa shape index (κ2) is 10.9. The predicted octanol–water partition coefficient (Wildman–Crippen LogP) is 2.90. The van der Waals surface area contributed by atoms with E-state index in [-0.39, 0.29) is 18.2 Å². The van der Waals surface area contributed by atoms with E-state index in [9.17, 15) is 31.2 Å². The van der Waals surface area contributed by atoms with Crippen LogP contribution in [0.3, 0.4) is 0 Å². The van der Waals surface area contributed by atoms with E-state index in [0.29, 0.717) is 64.1 Å². The van der Waals surface area contributed by atoms with Crippen molar-refractivity contribution < 1.29 is 31.2 Å². The van der Waals surface area contributed by atoms with Crippen molar-refractivity contribution in [2.45, 2.75) is 51.6 Å². The molecule has 190 valence electrons. The summed E-state index contributed by atoms with van der Waals surface area (Å²) in [6, 6.07) is 2.28. The smallest absolute Gasteiger partial charge is 0.357 e. The minimum atomic E-state index is -4.46. The normalized spacial score (nSPS) is 17.9. The molecule has 2 aliphatic rings. The minimum Gasteiger partial charge on any atom is -0.357 e. The Morgan fingerprint density at radius 1 is 1.21 bits per heavy atom. The van der Waals surface area contributed by atoms with Gasteiger partial charge in [-0.15, -0.1) is 0 Å². The fourth-order valence-electron chi connectivity index (χ4n) is 4.40. The summed E-state index contributed by atoms with van der Waals surface area (Å²) in [5.41, 5.74) is -0.825. The lowest BCUT2D eigenvalue weighted by molar-refractivity contribution is -0.138. The molecule has 0 unspecified atom stereocenters. The van der Waals surface area contributed by atoms with Gasteiger partial charge in [0, 0.05) is 51.3 Å². The maximum absolute atomic E-state index is 13.2. The van der Waals surface area contributed by atoms with Crippen LogP contribution >= 0.6 is 0 Å². The highest BCUT2D eigenvalue weighted by atomic mass is 32.2. The van der Waals surface area contributed by atoms with Gasteiger partial charge >= 0.3 is 6.18 Å². The molecule has 0 atom stereocenters.